The van der Waals surface area contributed by atoms with Crippen molar-refractivity contribution in [3.05, 3.63) is 52.0 Å². The van der Waals surface area contributed by atoms with Crippen LogP contribution in [0.5, 0.6) is 0 Å². The van der Waals surface area contributed by atoms with Crippen LogP contribution in [0.4, 0.5) is 5.69 Å². The molecule has 0 fully saturated rings. The average Bonchev–Trinajstić information content (AvgIpc) is 3.01. The highest BCUT2D eigenvalue weighted by Crippen LogP contribution is 2.25. The van der Waals surface area contributed by atoms with Gasteiger partial charge >= 0.3 is 0 Å². The van der Waals surface area contributed by atoms with E-state index in [0.717, 1.165) is 20.8 Å². The molecule has 9 heteroatoms. The summed E-state index contributed by atoms with van der Waals surface area (Å²) in [6.07, 6.45) is 0. The van der Waals surface area contributed by atoms with Crippen molar-refractivity contribution in [3.8, 4) is 0 Å². The molecule has 0 saturated heterocycles. The van der Waals surface area contributed by atoms with Crippen molar-refractivity contribution in [2.75, 3.05) is 5.32 Å². The van der Waals surface area contributed by atoms with Crippen LogP contribution in [0.2, 0.25) is 5.02 Å². The maximum atomic E-state index is 12.9. The number of anilines is 1. The van der Waals surface area contributed by atoms with Crippen LogP contribution in [0.15, 0.2) is 41.3 Å². The number of rotatable bonds is 6. The summed E-state index contributed by atoms with van der Waals surface area (Å²) >= 11 is 7.53. The smallest absolute Gasteiger partial charge is 0.242 e. The number of sulfonamides is 1. The molecule has 1 amide bonds. The minimum absolute atomic E-state index is 0.102. The standard InChI is InChI=1S/C20H22ClN3O3S2/c1-11(2)19(20(25)23-14-6-5-12(3)16(21)9-14)24-29(26,27)15-7-8-17-18(10-15)28-13(4)22-17/h5-11,19,24H,1-4H3,(H,23,25)/t19-/m0/s1. The van der Waals surface area contributed by atoms with Gasteiger partial charge in [-0.2, -0.15) is 4.72 Å². The SMILES string of the molecule is Cc1nc2ccc(S(=O)(=O)N[C@H](C(=O)Nc3ccc(C)c(Cl)c3)C(C)C)cc2s1. The highest BCUT2D eigenvalue weighted by Gasteiger charge is 2.29. The third-order valence-electron chi connectivity index (χ3n) is 4.45. The maximum Gasteiger partial charge on any atom is 0.242 e. The van der Waals surface area contributed by atoms with Crippen molar-refractivity contribution in [2.45, 2.75) is 38.6 Å². The van der Waals surface area contributed by atoms with E-state index in [1.807, 2.05) is 13.8 Å². The quantitative estimate of drug-likeness (QED) is 0.577. The Hall–Kier alpha value is -2.00. The van der Waals surface area contributed by atoms with Crippen LogP contribution in [0, 0.1) is 19.8 Å². The number of hydrogen-bond acceptors (Lipinski definition) is 5. The number of fused-ring (bicyclic) bond motifs is 1. The summed E-state index contributed by atoms with van der Waals surface area (Å²) in [7, 11) is -3.90. The number of amides is 1. The number of aromatic nitrogens is 1. The Morgan fingerprint density at radius 1 is 1.14 bits per heavy atom. The molecule has 29 heavy (non-hydrogen) atoms. The predicted molar refractivity (Wildman–Crippen MR) is 118 cm³/mol. The minimum atomic E-state index is -3.90. The van der Waals surface area contributed by atoms with E-state index in [0.29, 0.717) is 10.7 Å². The zero-order chi connectivity index (χ0) is 21.3. The Balaban J connectivity index is 1.83. The first-order chi connectivity index (χ1) is 13.6. The summed E-state index contributed by atoms with van der Waals surface area (Å²) in [6.45, 7) is 7.29. The summed E-state index contributed by atoms with van der Waals surface area (Å²) in [5.74, 6) is -0.710. The van der Waals surface area contributed by atoms with Gasteiger partial charge in [-0.3, -0.25) is 4.79 Å². The molecule has 2 N–H and O–H groups in total. The van der Waals surface area contributed by atoms with Crippen molar-refractivity contribution in [1.29, 1.82) is 0 Å². The lowest BCUT2D eigenvalue weighted by Gasteiger charge is -2.22. The molecule has 0 aliphatic carbocycles. The molecule has 6 nitrogen and oxygen atoms in total. The molecule has 154 valence electrons. The van der Waals surface area contributed by atoms with Gasteiger partial charge in [0.15, 0.2) is 0 Å². The first kappa shape index (κ1) is 21.7. The third kappa shape index (κ3) is 4.95. The van der Waals surface area contributed by atoms with Gasteiger partial charge in [-0.25, -0.2) is 13.4 Å². The topological polar surface area (TPSA) is 88.2 Å². The van der Waals surface area contributed by atoms with E-state index in [-0.39, 0.29) is 10.8 Å². The molecule has 0 bridgehead atoms. The normalized spacial score (nSPS) is 13.0. The number of benzene rings is 2. The second-order valence-electron chi connectivity index (χ2n) is 7.16. The fourth-order valence-electron chi connectivity index (χ4n) is 2.81. The van der Waals surface area contributed by atoms with Crippen molar-refractivity contribution in [3.63, 3.8) is 0 Å². The number of nitrogens with one attached hydrogen (secondary N) is 2. The van der Waals surface area contributed by atoms with E-state index in [4.69, 9.17) is 11.6 Å². The van der Waals surface area contributed by atoms with Gasteiger partial charge < -0.3 is 5.32 Å². The molecule has 0 radical (unpaired) electrons. The Labute approximate surface area is 179 Å². The summed E-state index contributed by atoms with van der Waals surface area (Å²) in [4.78, 5) is 17.2. The van der Waals surface area contributed by atoms with E-state index in [2.05, 4.69) is 15.0 Å². The van der Waals surface area contributed by atoms with Crippen molar-refractivity contribution in [2.24, 2.45) is 5.92 Å². The van der Waals surface area contributed by atoms with Crippen molar-refractivity contribution in [1.82, 2.24) is 9.71 Å². The first-order valence-corrected chi connectivity index (χ1v) is 11.7. The average molecular weight is 452 g/mol. The molecular formula is C20H22ClN3O3S2. The number of hydrogen-bond donors (Lipinski definition) is 2. The third-order valence-corrected chi connectivity index (χ3v) is 7.23. The molecule has 3 rings (SSSR count). The summed E-state index contributed by atoms with van der Waals surface area (Å²) in [5.41, 5.74) is 2.15. The van der Waals surface area contributed by atoms with Crippen molar-refractivity contribution >= 4 is 54.8 Å². The molecule has 0 unspecified atom stereocenters. The van der Waals surface area contributed by atoms with Crippen LogP contribution >= 0.6 is 22.9 Å². The van der Waals surface area contributed by atoms with E-state index >= 15 is 0 Å². The lowest BCUT2D eigenvalue weighted by molar-refractivity contribution is -0.118. The summed E-state index contributed by atoms with van der Waals surface area (Å²) in [6, 6.07) is 8.96. The molecule has 1 heterocycles. The number of carbonyl (C=O) groups is 1. The van der Waals surface area contributed by atoms with Crippen molar-refractivity contribution < 1.29 is 13.2 Å². The number of aryl methyl sites for hydroxylation is 2. The molecule has 0 aliphatic heterocycles. The second kappa shape index (κ2) is 8.39. The predicted octanol–water partition coefficient (Wildman–Crippen LogP) is 4.51. The molecule has 0 saturated carbocycles. The Morgan fingerprint density at radius 2 is 1.86 bits per heavy atom. The lowest BCUT2D eigenvalue weighted by Crippen LogP contribution is -2.47. The zero-order valence-corrected chi connectivity index (χ0v) is 18.9. The second-order valence-corrected chi connectivity index (χ2v) is 10.5. The maximum absolute atomic E-state index is 12.9. The van der Waals surface area contributed by atoms with E-state index in [1.165, 1.54) is 17.4 Å². The van der Waals surface area contributed by atoms with E-state index < -0.39 is 22.0 Å². The molecule has 1 aromatic heterocycles. The van der Waals surface area contributed by atoms with Gasteiger partial charge in [-0.15, -0.1) is 11.3 Å². The van der Waals surface area contributed by atoms with Crippen LogP contribution in [0.3, 0.4) is 0 Å². The highest BCUT2D eigenvalue weighted by molar-refractivity contribution is 7.89. The van der Waals surface area contributed by atoms with Gasteiger partial charge in [0.25, 0.3) is 0 Å². The van der Waals surface area contributed by atoms with Gasteiger partial charge in [-0.1, -0.05) is 31.5 Å². The lowest BCUT2D eigenvalue weighted by atomic mass is 10.0. The van der Waals surface area contributed by atoms with Crippen LogP contribution in [-0.2, 0) is 14.8 Å². The first-order valence-electron chi connectivity index (χ1n) is 9.03. The molecule has 0 aliphatic rings. The zero-order valence-electron chi connectivity index (χ0n) is 16.5. The van der Waals surface area contributed by atoms with Crippen LogP contribution < -0.4 is 10.0 Å². The minimum Gasteiger partial charge on any atom is -0.325 e. The Morgan fingerprint density at radius 3 is 2.52 bits per heavy atom. The number of halogens is 1. The molecule has 0 spiro atoms. The number of carbonyl (C=O) groups excluding carboxylic acids is 1. The van der Waals surface area contributed by atoms with Crippen LogP contribution in [0.1, 0.15) is 24.4 Å². The summed E-state index contributed by atoms with van der Waals surface area (Å²) < 4.78 is 29.2. The molecule has 1 atom stereocenters. The van der Waals surface area contributed by atoms with Gasteiger partial charge in [-0.05, 0) is 55.7 Å². The van der Waals surface area contributed by atoms with E-state index in [9.17, 15) is 13.2 Å². The monoisotopic (exact) mass is 451 g/mol. The largest absolute Gasteiger partial charge is 0.325 e. The molecule has 3 aromatic rings. The van der Waals surface area contributed by atoms with Gasteiger partial charge in [0.1, 0.15) is 6.04 Å². The van der Waals surface area contributed by atoms with Crippen LogP contribution in [-0.4, -0.2) is 25.4 Å². The van der Waals surface area contributed by atoms with Gasteiger partial charge in [0, 0.05) is 10.7 Å². The molecule has 2 aromatic carbocycles. The van der Waals surface area contributed by atoms with Crippen LogP contribution in [0.25, 0.3) is 10.2 Å². The van der Waals surface area contributed by atoms with Gasteiger partial charge in [0.2, 0.25) is 15.9 Å². The number of thiazole rings is 1. The fourth-order valence-corrected chi connectivity index (χ4v) is 5.30. The number of nitrogens with zero attached hydrogens (tertiary/aromatic N) is 1. The molecular weight excluding hydrogens is 430 g/mol. The Kier molecular flexibility index (Phi) is 6.28. The van der Waals surface area contributed by atoms with E-state index in [1.54, 1.807) is 44.2 Å². The Bertz CT molecular complexity index is 1170. The summed E-state index contributed by atoms with van der Waals surface area (Å²) in [5, 5.41) is 4.13. The fraction of sp³-hybridized carbons (Fsp3) is 0.300. The van der Waals surface area contributed by atoms with Gasteiger partial charge in [0.05, 0.1) is 20.1 Å². The highest BCUT2D eigenvalue weighted by atomic mass is 35.5.